The average molecular weight is 339 g/mol. The molecule has 2 aromatic rings. The number of halogens is 2. The zero-order valence-electron chi connectivity index (χ0n) is 12.8. The molecular formula is C16H20ClFN4O. The fraction of sp³-hybridized carbons (Fsp3) is 0.375. The first kappa shape index (κ1) is 17.4. The number of nitrogens with two attached hydrogens (primary N) is 1. The number of nitrogens with zero attached hydrogens (tertiary/aromatic N) is 2. The van der Waals surface area contributed by atoms with Gasteiger partial charge in [0, 0.05) is 12.7 Å². The Morgan fingerprint density at radius 2 is 2.04 bits per heavy atom. The summed E-state index contributed by atoms with van der Waals surface area (Å²) in [5, 5.41) is 7.25. The van der Waals surface area contributed by atoms with Gasteiger partial charge in [0.05, 0.1) is 11.2 Å². The van der Waals surface area contributed by atoms with Crippen LogP contribution in [-0.4, -0.2) is 27.8 Å². The number of carbonyl (C=O) groups is 1. The van der Waals surface area contributed by atoms with Gasteiger partial charge in [0.2, 0.25) is 0 Å². The molecule has 124 valence electrons. The normalized spacial score (nSPS) is 16.3. The summed E-state index contributed by atoms with van der Waals surface area (Å²) in [6, 6.07) is 7.57. The first-order valence-corrected chi connectivity index (χ1v) is 7.36. The summed E-state index contributed by atoms with van der Waals surface area (Å²) in [6.07, 6.45) is 3.87. The van der Waals surface area contributed by atoms with Crippen LogP contribution in [0.25, 0.3) is 5.69 Å². The minimum atomic E-state index is -0.378. The smallest absolute Gasteiger partial charge is 0.272 e. The SMILES string of the molecule is CC(CN)(NC(=O)c1ccn(-c2ccc(F)cc2)n1)C1CC1.Cl. The second kappa shape index (κ2) is 6.68. The molecule has 0 saturated heterocycles. The van der Waals surface area contributed by atoms with Crippen LogP contribution in [0, 0.1) is 11.7 Å². The van der Waals surface area contributed by atoms with Gasteiger partial charge in [0.1, 0.15) is 5.82 Å². The van der Waals surface area contributed by atoms with E-state index in [9.17, 15) is 9.18 Å². The number of nitrogens with one attached hydrogen (secondary N) is 1. The topological polar surface area (TPSA) is 72.9 Å². The van der Waals surface area contributed by atoms with Crippen molar-refractivity contribution in [3.05, 3.63) is 48.0 Å². The van der Waals surface area contributed by atoms with Gasteiger partial charge >= 0.3 is 0 Å². The Bertz CT molecular complexity index is 684. The van der Waals surface area contributed by atoms with E-state index in [0.717, 1.165) is 12.8 Å². The van der Waals surface area contributed by atoms with E-state index in [1.54, 1.807) is 29.1 Å². The van der Waals surface area contributed by atoms with E-state index in [4.69, 9.17) is 5.73 Å². The zero-order valence-corrected chi connectivity index (χ0v) is 13.6. The third kappa shape index (κ3) is 3.71. The number of carbonyl (C=O) groups excluding carboxylic acids is 1. The average Bonchev–Trinajstić information content (AvgIpc) is 3.26. The lowest BCUT2D eigenvalue weighted by molar-refractivity contribution is 0.0892. The van der Waals surface area contributed by atoms with Gasteiger partial charge in [-0.05, 0) is 56.0 Å². The number of hydrogen-bond acceptors (Lipinski definition) is 3. The van der Waals surface area contributed by atoms with Crippen LogP contribution in [0.2, 0.25) is 0 Å². The molecule has 3 N–H and O–H groups in total. The fourth-order valence-corrected chi connectivity index (χ4v) is 2.55. The molecule has 3 rings (SSSR count). The van der Waals surface area contributed by atoms with Crippen molar-refractivity contribution in [1.82, 2.24) is 15.1 Å². The lowest BCUT2D eigenvalue weighted by atomic mass is 9.96. The van der Waals surface area contributed by atoms with Crippen LogP contribution in [-0.2, 0) is 0 Å². The van der Waals surface area contributed by atoms with Crippen LogP contribution in [0.15, 0.2) is 36.5 Å². The van der Waals surface area contributed by atoms with E-state index >= 15 is 0 Å². The van der Waals surface area contributed by atoms with Crippen molar-refractivity contribution in [3.63, 3.8) is 0 Å². The van der Waals surface area contributed by atoms with Gasteiger partial charge in [-0.15, -0.1) is 12.4 Å². The molecular weight excluding hydrogens is 319 g/mol. The van der Waals surface area contributed by atoms with Crippen LogP contribution in [0.5, 0.6) is 0 Å². The molecule has 1 aromatic heterocycles. The van der Waals surface area contributed by atoms with Crippen LogP contribution in [0.3, 0.4) is 0 Å². The number of amides is 1. The molecule has 0 radical (unpaired) electrons. The maximum absolute atomic E-state index is 12.9. The van der Waals surface area contributed by atoms with Crippen LogP contribution < -0.4 is 11.1 Å². The summed E-state index contributed by atoms with van der Waals surface area (Å²) in [5.74, 6) is -0.0987. The Hall–Kier alpha value is -1.92. The van der Waals surface area contributed by atoms with Crippen LogP contribution >= 0.6 is 12.4 Å². The number of aromatic nitrogens is 2. The summed E-state index contributed by atoms with van der Waals surface area (Å²) in [4.78, 5) is 12.3. The molecule has 1 amide bonds. The van der Waals surface area contributed by atoms with E-state index in [1.807, 2.05) is 6.92 Å². The lowest BCUT2D eigenvalue weighted by Gasteiger charge is -2.29. The second-order valence-electron chi connectivity index (χ2n) is 5.97. The summed E-state index contributed by atoms with van der Waals surface area (Å²) >= 11 is 0. The van der Waals surface area contributed by atoms with Gasteiger partial charge in [0.15, 0.2) is 5.69 Å². The maximum atomic E-state index is 12.9. The number of hydrogen-bond donors (Lipinski definition) is 2. The van der Waals surface area contributed by atoms with Gasteiger partial charge in [-0.25, -0.2) is 9.07 Å². The highest BCUT2D eigenvalue weighted by Gasteiger charge is 2.41. The Morgan fingerprint density at radius 3 is 2.61 bits per heavy atom. The van der Waals surface area contributed by atoms with E-state index in [0.29, 0.717) is 23.8 Å². The van der Waals surface area contributed by atoms with Crippen molar-refractivity contribution in [2.75, 3.05) is 6.54 Å². The highest BCUT2D eigenvalue weighted by Crippen LogP contribution is 2.39. The van der Waals surface area contributed by atoms with Crippen molar-refractivity contribution in [2.45, 2.75) is 25.3 Å². The Morgan fingerprint density at radius 1 is 1.39 bits per heavy atom. The van der Waals surface area contributed by atoms with Gasteiger partial charge in [-0.3, -0.25) is 4.79 Å². The molecule has 1 aromatic carbocycles. The molecule has 1 saturated carbocycles. The van der Waals surface area contributed by atoms with Crippen molar-refractivity contribution >= 4 is 18.3 Å². The molecule has 1 atom stereocenters. The van der Waals surface area contributed by atoms with Crippen LogP contribution in [0.4, 0.5) is 4.39 Å². The fourth-order valence-electron chi connectivity index (χ4n) is 2.55. The first-order chi connectivity index (χ1) is 10.5. The largest absolute Gasteiger partial charge is 0.344 e. The summed E-state index contributed by atoms with van der Waals surface area (Å²) in [7, 11) is 0. The third-order valence-corrected chi connectivity index (χ3v) is 4.21. The van der Waals surface area contributed by atoms with E-state index < -0.39 is 0 Å². The Kier molecular flexibility index (Phi) is 5.06. The number of rotatable bonds is 5. The molecule has 0 bridgehead atoms. The monoisotopic (exact) mass is 338 g/mol. The van der Waals surface area contributed by atoms with Gasteiger partial charge < -0.3 is 11.1 Å². The Balaban J connectivity index is 0.00000192. The van der Waals surface area contributed by atoms with E-state index in [2.05, 4.69) is 10.4 Å². The molecule has 1 fully saturated rings. The molecule has 0 spiro atoms. The maximum Gasteiger partial charge on any atom is 0.272 e. The summed E-state index contributed by atoms with van der Waals surface area (Å²) in [5.41, 5.74) is 6.45. The van der Waals surface area contributed by atoms with Crippen LogP contribution in [0.1, 0.15) is 30.3 Å². The Labute approximate surface area is 140 Å². The quantitative estimate of drug-likeness (QED) is 0.878. The minimum Gasteiger partial charge on any atom is -0.344 e. The standard InChI is InChI=1S/C16H19FN4O.ClH/c1-16(10-18,11-2-3-11)19-15(22)14-8-9-21(20-14)13-6-4-12(17)5-7-13;/h4-9,11H,2-3,10,18H2,1H3,(H,19,22);1H. The molecule has 23 heavy (non-hydrogen) atoms. The van der Waals surface area contributed by atoms with Crippen molar-refractivity contribution in [3.8, 4) is 5.69 Å². The second-order valence-corrected chi connectivity index (χ2v) is 5.97. The van der Waals surface area contributed by atoms with Crippen molar-refractivity contribution < 1.29 is 9.18 Å². The zero-order chi connectivity index (χ0) is 15.7. The molecule has 1 aliphatic rings. The van der Waals surface area contributed by atoms with E-state index in [1.165, 1.54) is 12.1 Å². The molecule has 1 heterocycles. The van der Waals surface area contributed by atoms with E-state index in [-0.39, 0.29) is 29.7 Å². The molecule has 5 nitrogen and oxygen atoms in total. The predicted molar refractivity (Wildman–Crippen MR) is 88.4 cm³/mol. The summed E-state index contributed by atoms with van der Waals surface area (Å²) < 4.78 is 14.5. The first-order valence-electron chi connectivity index (χ1n) is 7.36. The predicted octanol–water partition coefficient (Wildman–Crippen LogP) is 2.29. The van der Waals surface area contributed by atoms with Gasteiger partial charge in [0.25, 0.3) is 5.91 Å². The van der Waals surface area contributed by atoms with Gasteiger partial charge in [-0.1, -0.05) is 0 Å². The highest BCUT2D eigenvalue weighted by molar-refractivity contribution is 5.92. The van der Waals surface area contributed by atoms with Crippen molar-refractivity contribution in [2.24, 2.45) is 11.7 Å². The minimum absolute atomic E-state index is 0. The third-order valence-electron chi connectivity index (χ3n) is 4.21. The molecule has 0 aliphatic heterocycles. The molecule has 1 aliphatic carbocycles. The molecule has 1 unspecified atom stereocenters. The van der Waals surface area contributed by atoms with Crippen molar-refractivity contribution in [1.29, 1.82) is 0 Å². The highest BCUT2D eigenvalue weighted by atomic mass is 35.5. The summed E-state index contributed by atoms with van der Waals surface area (Å²) in [6.45, 7) is 2.38. The molecule has 7 heteroatoms. The lowest BCUT2D eigenvalue weighted by Crippen LogP contribution is -2.53. The number of benzene rings is 1. The van der Waals surface area contributed by atoms with Gasteiger partial charge in [-0.2, -0.15) is 5.10 Å².